The van der Waals surface area contributed by atoms with Crippen molar-refractivity contribution in [3.05, 3.63) is 53.7 Å². The molecule has 3 N–H and O–H groups in total. The highest BCUT2D eigenvalue weighted by Gasteiger charge is 2.54. The van der Waals surface area contributed by atoms with E-state index in [1.807, 2.05) is 0 Å². The van der Waals surface area contributed by atoms with Crippen LogP contribution in [0.1, 0.15) is 31.4 Å². The zero-order chi connectivity index (χ0) is 22.2. The van der Waals surface area contributed by atoms with Crippen molar-refractivity contribution in [3.63, 3.8) is 0 Å². The van der Waals surface area contributed by atoms with E-state index in [1.165, 1.54) is 30.9 Å². The molecule has 0 bridgehead atoms. The van der Waals surface area contributed by atoms with Gasteiger partial charge < -0.3 is 20.4 Å². The molecule has 0 fully saturated rings. The number of aliphatic imine (C=N–C) groups is 1. The van der Waals surface area contributed by atoms with Crippen LogP contribution < -0.4 is 10.2 Å². The van der Waals surface area contributed by atoms with Crippen LogP contribution >= 0.6 is 0 Å². The average molecular weight is 419 g/mol. The van der Waals surface area contributed by atoms with Gasteiger partial charge in [0.25, 0.3) is 5.91 Å². The van der Waals surface area contributed by atoms with E-state index in [-0.39, 0.29) is 17.9 Å². The maximum atomic E-state index is 13.4. The van der Waals surface area contributed by atoms with E-state index >= 15 is 0 Å². The van der Waals surface area contributed by atoms with Crippen LogP contribution in [-0.4, -0.2) is 39.0 Å². The second-order valence-corrected chi connectivity index (χ2v) is 7.29. The van der Waals surface area contributed by atoms with Crippen molar-refractivity contribution in [2.24, 2.45) is 4.99 Å². The van der Waals surface area contributed by atoms with Gasteiger partial charge in [0.2, 0.25) is 0 Å². The molecule has 10 heteroatoms. The third-order valence-electron chi connectivity index (χ3n) is 4.93. The van der Waals surface area contributed by atoms with E-state index < -0.39 is 28.8 Å². The molecule has 3 rings (SSSR count). The quantitative estimate of drug-likeness (QED) is 0.644. The molecule has 0 radical (unpaired) electrons. The highest BCUT2D eigenvalue weighted by Crippen LogP contribution is 2.41. The zero-order valence-corrected chi connectivity index (χ0v) is 16.3. The fraction of sp³-hybridized carbons (Fsp3) is 0.350. The van der Waals surface area contributed by atoms with Gasteiger partial charge in [-0.25, -0.2) is 9.98 Å². The van der Waals surface area contributed by atoms with Gasteiger partial charge in [0.05, 0.1) is 17.2 Å². The molecule has 0 amide bonds. The molecule has 0 unspecified atom stereocenters. The molecule has 0 aliphatic carbocycles. The average Bonchev–Trinajstić information content (AvgIpc) is 2.85. The Hall–Kier alpha value is -3.16. The Morgan fingerprint density at radius 2 is 1.93 bits per heavy atom. The molecule has 158 valence electrons. The van der Waals surface area contributed by atoms with Gasteiger partial charge >= 0.3 is 6.18 Å². The van der Waals surface area contributed by atoms with Gasteiger partial charge in [0, 0.05) is 24.8 Å². The predicted molar refractivity (Wildman–Crippen MR) is 105 cm³/mol. The van der Waals surface area contributed by atoms with Crippen molar-refractivity contribution in [2.75, 3.05) is 16.8 Å². The van der Waals surface area contributed by atoms with E-state index in [1.54, 1.807) is 24.4 Å². The summed E-state index contributed by atoms with van der Waals surface area (Å²) in [6.07, 6.45) is -2.95. The summed E-state index contributed by atoms with van der Waals surface area (Å²) < 4.78 is 40.3. The SMILES string of the molecule is CC1(C)N(c2ccc(C#N)c(C(F)(F)F)c2)C(CCNc2ccccn2)=NC1(O)O. The molecular weight excluding hydrogens is 399 g/mol. The van der Waals surface area contributed by atoms with Crippen molar-refractivity contribution < 1.29 is 23.4 Å². The summed E-state index contributed by atoms with van der Waals surface area (Å²) in [4.78, 5) is 9.41. The lowest BCUT2D eigenvalue weighted by atomic mass is 9.97. The topological polar surface area (TPSA) is 105 Å². The number of hydrogen-bond acceptors (Lipinski definition) is 7. The summed E-state index contributed by atoms with van der Waals surface area (Å²) in [5.41, 5.74) is -3.02. The van der Waals surface area contributed by atoms with Crippen LogP contribution in [0.25, 0.3) is 0 Å². The Bertz CT molecular complexity index is 998. The highest BCUT2D eigenvalue weighted by molar-refractivity contribution is 6.01. The van der Waals surface area contributed by atoms with E-state index in [0.29, 0.717) is 12.4 Å². The molecule has 0 atom stereocenters. The number of benzene rings is 1. The molecule has 0 saturated carbocycles. The van der Waals surface area contributed by atoms with Gasteiger partial charge in [-0.3, -0.25) is 0 Å². The number of halogens is 3. The second-order valence-electron chi connectivity index (χ2n) is 7.29. The van der Waals surface area contributed by atoms with Crippen LogP contribution in [0, 0.1) is 11.3 Å². The molecule has 7 nitrogen and oxygen atoms in total. The molecule has 1 aliphatic heterocycles. The van der Waals surface area contributed by atoms with Crippen LogP contribution in [0.5, 0.6) is 0 Å². The first-order chi connectivity index (χ1) is 14.0. The van der Waals surface area contributed by atoms with Gasteiger partial charge in [0.1, 0.15) is 17.2 Å². The number of pyridine rings is 1. The summed E-state index contributed by atoms with van der Waals surface area (Å²) in [6, 6.07) is 10.0. The maximum absolute atomic E-state index is 13.4. The number of aromatic nitrogens is 1. The lowest BCUT2D eigenvalue weighted by molar-refractivity contribution is -0.185. The van der Waals surface area contributed by atoms with Gasteiger partial charge in [-0.05, 0) is 44.2 Å². The molecule has 0 spiro atoms. The number of rotatable bonds is 5. The van der Waals surface area contributed by atoms with E-state index in [4.69, 9.17) is 5.26 Å². The summed E-state index contributed by atoms with van der Waals surface area (Å²) in [7, 11) is 0. The van der Waals surface area contributed by atoms with Crippen molar-refractivity contribution in [1.29, 1.82) is 5.26 Å². The Balaban J connectivity index is 1.94. The summed E-state index contributed by atoms with van der Waals surface area (Å²) in [5.74, 6) is -1.73. The molecule has 0 saturated heterocycles. The van der Waals surface area contributed by atoms with Crippen LogP contribution in [0.15, 0.2) is 47.6 Å². The molecule has 1 aromatic heterocycles. The van der Waals surface area contributed by atoms with Crippen molar-refractivity contribution in [3.8, 4) is 6.07 Å². The first-order valence-electron chi connectivity index (χ1n) is 9.07. The third kappa shape index (κ3) is 3.94. The lowest BCUT2D eigenvalue weighted by Crippen LogP contribution is -2.56. The van der Waals surface area contributed by atoms with Crippen LogP contribution in [0.4, 0.5) is 24.7 Å². The minimum atomic E-state index is -4.74. The molecule has 30 heavy (non-hydrogen) atoms. The molecular formula is C20H20F3N5O2. The molecule has 2 heterocycles. The standard InChI is InChI=1S/C20H20F3N5O2/c1-18(2)20(29,30)27-17(8-10-26-16-5-3-4-9-25-16)28(18)14-7-6-13(12-24)15(11-14)19(21,22)23/h3-7,9,11,29-30H,8,10H2,1-2H3,(H,25,26). The fourth-order valence-electron chi connectivity index (χ4n) is 3.25. The number of alkyl halides is 3. The summed E-state index contributed by atoms with van der Waals surface area (Å²) in [6.45, 7) is 3.23. The number of anilines is 2. The van der Waals surface area contributed by atoms with Gasteiger partial charge in [-0.2, -0.15) is 18.4 Å². The normalized spacial score (nSPS) is 17.4. The molecule has 1 aromatic carbocycles. The number of nitrogens with zero attached hydrogens (tertiary/aromatic N) is 4. The Morgan fingerprint density at radius 3 is 2.53 bits per heavy atom. The highest BCUT2D eigenvalue weighted by atomic mass is 19.4. The summed E-state index contributed by atoms with van der Waals surface area (Å²) >= 11 is 0. The number of nitrogens with one attached hydrogen (secondary N) is 1. The van der Waals surface area contributed by atoms with Crippen molar-refractivity contribution in [2.45, 2.75) is 37.9 Å². The van der Waals surface area contributed by atoms with Crippen molar-refractivity contribution in [1.82, 2.24) is 4.98 Å². The Morgan fingerprint density at radius 1 is 1.20 bits per heavy atom. The molecule has 1 aliphatic rings. The number of amidine groups is 1. The van der Waals surface area contributed by atoms with Crippen molar-refractivity contribution >= 4 is 17.3 Å². The minimum Gasteiger partial charge on any atom is -0.370 e. The van der Waals surface area contributed by atoms with E-state index in [2.05, 4.69) is 15.3 Å². The largest absolute Gasteiger partial charge is 0.417 e. The monoisotopic (exact) mass is 419 g/mol. The Labute approximate surface area is 171 Å². The van der Waals surface area contributed by atoms with Gasteiger partial charge in [-0.15, -0.1) is 0 Å². The second kappa shape index (κ2) is 7.59. The van der Waals surface area contributed by atoms with Crippen LogP contribution in [0.3, 0.4) is 0 Å². The zero-order valence-electron chi connectivity index (χ0n) is 16.3. The van der Waals surface area contributed by atoms with Gasteiger partial charge in [-0.1, -0.05) is 6.07 Å². The predicted octanol–water partition coefficient (Wildman–Crippen LogP) is 3.11. The van der Waals surface area contributed by atoms with Gasteiger partial charge in [0.15, 0.2) is 0 Å². The minimum absolute atomic E-state index is 0.0490. The smallest absolute Gasteiger partial charge is 0.370 e. The van der Waals surface area contributed by atoms with E-state index in [0.717, 1.165) is 12.1 Å². The summed E-state index contributed by atoms with van der Waals surface area (Å²) in [5, 5.41) is 32.8. The number of hydrogen-bond donors (Lipinski definition) is 3. The third-order valence-corrected chi connectivity index (χ3v) is 4.93. The van der Waals surface area contributed by atoms with Crippen LogP contribution in [-0.2, 0) is 6.18 Å². The number of nitriles is 1. The van der Waals surface area contributed by atoms with Crippen LogP contribution in [0.2, 0.25) is 0 Å². The first-order valence-corrected chi connectivity index (χ1v) is 9.07. The Kier molecular flexibility index (Phi) is 5.45. The van der Waals surface area contributed by atoms with E-state index in [9.17, 15) is 23.4 Å². The molecule has 2 aromatic rings. The maximum Gasteiger partial charge on any atom is 0.417 e. The first kappa shape index (κ1) is 21.5. The fourth-order valence-corrected chi connectivity index (χ4v) is 3.25. The number of aliphatic hydroxyl groups is 2. The lowest BCUT2D eigenvalue weighted by Gasteiger charge is -2.39.